The van der Waals surface area contributed by atoms with Crippen LogP contribution in [0.1, 0.15) is 23.7 Å². The molecule has 2 rings (SSSR count). The Bertz CT molecular complexity index is 612. The second-order valence-electron chi connectivity index (χ2n) is 5.04. The molecular formula is C16H17NO4S. The summed E-state index contributed by atoms with van der Waals surface area (Å²) in [5.74, 6) is -1.43. The van der Waals surface area contributed by atoms with Gasteiger partial charge in [0.15, 0.2) is 0 Å². The summed E-state index contributed by atoms with van der Waals surface area (Å²) < 4.78 is 0. The summed E-state index contributed by atoms with van der Waals surface area (Å²) >= 11 is 1.08. The van der Waals surface area contributed by atoms with E-state index in [0.717, 1.165) is 11.8 Å². The molecule has 22 heavy (non-hydrogen) atoms. The molecule has 1 unspecified atom stereocenters. The van der Waals surface area contributed by atoms with Gasteiger partial charge in [0, 0.05) is 23.8 Å². The van der Waals surface area contributed by atoms with Gasteiger partial charge >= 0.3 is 5.97 Å². The minimum absolute atomic E-state index is 0.0382. The van der Waals surface area contributed by atoms with Gasteiger partial charge in [-0.15, -0.1) is 0 Å². The van der Waals surface area contributed by atoms with Crippen molar-refractivity contribution in [2.75, 3.05) is 12.3 Å². The first-order valence-corrected chi connectivity index (χ1v) is 7.96. The van der Waals surface area contributed by atoms with Crippen molar-refractivity contribution in [1.29, 1.82) is 0 Å². The van der Waals surface area contributed by atoms with E-state index in [1.165, 1.54) is 4.90 Å². The number of nitrogens with zero attached hydrogens (tertiary/aromatic N) is 1. The second kappa shape index (κ2) is 7.26. The van der Waals surface area contributed by atoms with Gasteiger partial charge in [-0.1, -0.05) is 55.1 Å². The third-order valence-electron chi connectivity index (χ3n) is 3.36. The lowest BCUT2D eigenvalue weighted by Crippen LogP contribution is -2.36. The molecule has 6 heteroatoms. The quantitative estimate of drug-likeness (QED) is 0.902. The van der Waals surface area contributed by atoms with Gasteiger partial charge in [-0.05, 0) is 6.42 Å². The third-order valence-corrected chi connectivity index (χ3v) is 4.53. The molecule has 1 amide bonds. The van der Waals surface area contributed by atoms with Crippen molar-refractivity contribution in [2.45, 2.75) is 13.3 Å². The molecule has 116 valence electrons. The van der Waals surface area contributed by atoms with Gasteiger partial charge in [-0.25, -0.2) is 4.79 Å². The molecule has 0 saturated heterocycles. The van der Waals surface area contributed by atoms with Gasteiger partial charge in [0.25, 0.3) is 0 Å². The molecule has 0 aliphatic carbocycles. The van der Waals surface area contributed by atoms with Crippen LogP contribution in [0.2, 0.25) is 0 Å². The van der Waals surface area contributed by atoms with Crippen LogP contribution in [0.3, 0.4) is 0 Å². The largest absolute Gasteiger partial charge is 0.477 e. The van der Waals surface area contributed by atoms with Crippen molar-refractivity contribution < 1.29 is 19.5 Å². The maximum atomic E-state index is 12.3. The van der Waals surface area contributed by atoms with E-state index in [2.05, 4.69) is 0 Å². The predicted octanol–water partition coefficient (Wildman–Crippen LogP) is 2.40. The molecule has 1 aliphatic rings. The number of carboxylic acid groups (broad SMARTS) is 1. The highest BCUT2D eigenvalue weighted by Gasteiger charge is 2.30. The monoisotopic (exact) mass is 319 g/mol. The summed E-state index contributed by atoms with van der Waals surface area (Å²) in [4.78, 5) is 36.7. The van der Waals surface area contributed by atoms with Gasteiger partial charge in [0.1, 0.15) is 5.70 Å². The van der Waals surface area contributed by atoms with Crippen LogP contribution in [0.25, 0.3) is 0 Å². The van der Waals surface area contributed by atoms with Crippen LogP contribution in [-0.4, -0.2) is 39.3 Å². The zero-order valence-corrected chi connectivity index (χ0v) is 13.0. The second-order valence-corrected chi connectivity index (χ2v) is 6.03. The maximum Gasteiger partial charge on any atom is 0.352 e. The van der Waals surface area contributed by atoms with Gasteiger partial charge < -0.3 is 10.0 Å². The smallest absolute Gasteiger partial charge is 0.352 e. The molecule has 1 N–H and O–H groups in total. The molecule has 1 aliphatic heterocycles. The number of amides is 1. The molecule has 0 radical (unpaired) electrons. The predicted molar refractivity (Wildman–Crippen MR) is 84.4 cm³/mol. The first-order chi connectivity index (χ1) is 10.5. The highest BCUT2D eigenvalue weighted by molar-refractivity contribution is 8.14. The van der Waals surface area contributed by atoms with Crippen molar-refractivity contribution in [3.63, 3.8) is 0 Å². The van der Waals surface area contributed by atoms with Crippen molar-refractivity contribution in [1.82, 2.24) is 4.90 Å². The number of aliphatic carboxylic acids is 1. The first kappa shape index (κ1) is 16.3. The van der Waals surface area contributed by atoms with Gasteiger partial charge in [0.2, 0.25) is 11.0 Å². The van der Waals surface area contributed by atoms with Crippen LogP contribution in [0.5, 0.6) is 0 Å². The minimum Gasteiger partial charge on any atom is -0.477 e. The Kier molecular flexibility index (Phi) is 5.38. The molecule has 0 aromatic heterocycles. The van der Waals surface area contributed by atoms with E-state index in [9.17, 15) is 14.4 Å². The average molecular weight is 319 g/mol. The van der Waals surface area contributed by atoms with Crippen LogP contribution >= 0.6 is 11.8 Å². The maximum absolute atomic E-state index is 12.3. The Balaban J connectivity index is 1.91. The topological polar surface area (TPSA) is 74.7 Å². The highest BCUT2D eigenvalue weighted by atomic mass is 32.2. The van der Waals surface area contributed by atoms with E-state index < -0.39 is 11.9 Å². The molecule has 0 fully saturated rings. The fraction of sp³-hybridized carbons (Fsp3) is 0.312. The van der Waals surface area contributed by atoms with Crippen LogP contribution in [0, 0.1) is 5.92 Å². The number of carbonyl (C=O) groups is 3. The van der Waals surface area contributed by atoms with E-state index in [0.29, 0.717) is 24.3 Å². The average Bonchev–Trinajstić information content (AvgIpc) is 3.02. The Labute approximate surface area is 133 Å². The van der Waals surface area contributed by atoms with Crippen molar-refractivity contribution in [3.05, 3.63) is 47.7 Å². The van der Waals surface area contributed by atoms with Gasteiger partial charge in [0.05, 0.1) is 0 Å². The molecule has 5 nitrogen and oxygen atoms in total. The van der Waals surface area contributed by atoms with Crippen LogP contribution < -0.4 is 0 Å². The Morgan fingerprint density at radius 2 is 1.95 bits per heavy atom. The SMILES string of the molecule is CC(CSC(=O)c1ccccc1)C(=O)N1CCC=C1C(=O)O. The molecule has 1 aromatic carbocycles. The van der Waals surface area contributed by atoms with Crippen LogP contribution in [-0.2, 0) is 9.59 Å². The molecule has 0 bridgehead atoms. The van der Waals surface area contributed by atoms with Gasteiger partial charge in [-0.2, -0.15) is 0 Å². The van der Waals surface area contributed by atoms with Crippen LogP contribution in [0.15, 0.2) is 42.1 Å². The summed E-state index contributed by atoms with van der Waals surface area (Å²) in [6.45, 7) is 2.10. The lowest BCUT2D eigenvalue weighted by atomic mass is 10.2. The Morgan fingerprint density at radius 3 is 2.59 bits per heavy atom. The normalized spacial score (nSPS) is 15.3. The third kappa shape index (κ3) is 3.76. The molecule has 0 saturated carbocycles. The number of benzene rings is 1. The van der Waals surface area contributed by atoms with Crippen LogP contribution in [0.4, 0.5) is 0 Å². The molecular weight excluding hydrogens is 302 g/mol. The van der Waals surface area contributed by atoms with Crippen molar-refractivity contribution in [2.24, 2.45) is 5.92 Å². The number of thioether (sulfide) groups is 1. The van der Waals surface area contributed by atoms with Gasteiger partial charge in [-0.3, -0.25) is 9.59 Å². The van der Waals surface area contributed by atoms with Crippen molar-refractivity contribution >= 4 is 28.8 Å². The summed E-state index contributed by atoms with van der Waals surface area (Å²) in [6, 6.07) is 8.87. The molecule has 1 atom stereocenters. The highest BCUT2D eigenvalue weighted by Crippen LogP contribution is 2.21. The molecule has 1 aromatic rings. The number of rotatable bonds is 5. The number of hydrogen-bond donors (Lipinski definition) is 1. The Morgan fingerprint density at radius 1 is 1.27 bits per heavy atom. The fourth-order valence-electron chi connectivity index (χ4n) is 2.19. The zero-order chi connectivity index (χ0) is 16.1. The summed E-state index contributed by atoms with van der Waals surface area (Å²) in [7, 11) is 0. The van der Waals surface area contributed by atoms with E-state index in [-0.39, 0.29) is 16.7 Å². The van der Waals surface area contributed by atoms with E-state index in [4.69, 9.17) is 5.11 Å². The van der Waals surface area contributed by atoms with E-state index >= 15 is 0 Å². The lowest BCUT2D eigenvalue weighted by molar-refractivity contribution is -0.140. The molecule has 1 heterocycles. The Hall–Kier alpha value is -2.08. The van der Waals surface area contributed by atoms with E-state index in [1.807, 2.05) is 6.07 Å². The van der Waals surface area contributed by atoms with E-state index in [1.54, 1.807) is 37.3 Å². The number of hydrogen-bond acceptors (Lipinski definition) is 4. The van der Waals surface area contributed by atoms with Crippen molar-refractivity contribution in [3.8, 4) is 0 Å². The fourth-order valence-corrected chi connectivity index (χ4v) is 3.03. The summed E-state index contributed by atoms with van der Waals surface area (Å²) in [5.41, 5.74) is 0.635. The lowest BCUT2D eigenvalue weighted by Gasteiger charge is -2.21. The summed E-state index contributed by atoms with van der Waals surface area (Å²) in [6.07, 6.45) is 2.10. The summed E-state index contributed by atoms with van der Waals surface area (Å²) in [5, 5.41) is 8.97. The molecule has 0 spiro atoms. The number of carbonyl (C=O) groups excluding carboxylic acids is 2. The standard InChI is InChI=1S/C16H17NO4S/c1-11(10-22-16(21)12-6-3-2-4-7-12)14(18)17-9-5-8-13(17)15(19)20/h2-4,6-8,11H,5,9-10H2,1H3,(H,19,20). The first-order valence-electron chi connectivity index (χ1n) is 6.97. The zero-order valence-electron chi connectivity index (χ0n) is 12.2. The number of carboxylic acids is 1. The minimum atomic E-state index is -1.09.